The van der Waals surface area contributed by atoms with Crippen molar-refractivity contribution in [1.82, 2.24) is 9.97 Å². The summed E-state index contributed by atoms with van der Waals surface area (Å²) < 4.78 is 0. The number of rotatable bonds is 6. The first-order chi connectivity index (χ1) is 7.29. The molecule has 1 heterocycles. The van der Waals surface area contributed by atoms with Gasteiger partial charge in [-0.15, -0.1) is 0 Å². The first-order valence-electron chi connectivity index (χ1n) is 6.07. The summed E-state index contributed by atoms with van der Waals surface area (Å²) in [4.78, 5) is 8.82. The van der Waals surface area contributed by atoms with E-state index in [9.17, 15) is 0 Å². The maximum Gasteiger partial charge on any atom is 0.0646 e. The van der Waals surface area contributed by atoms with Crippen LogP contribution in [0.4, 0.5) is 0 Å². The van der Waals surface area contributed by atoms with E-state index in [0.717, 1.165) is 5.69 Å². The maximum absolute atomic E-state index is 4.49. The van der Waals surface area contributed by atoms with Gasteiger partial charge in [-0.3, -0.25) is 9.97 Å². The molecule has 1 aromatic rings. The van der Waals surface area contributed by atoms with Gasteiger partial charge in [-0.25, -0.2) is 0 Å². The molecule has 0 N–H and O–H groups in total. The van der Waals surface area contributed by atoms with Crippen LogP contribution < -0.4 is 0 Å². The van der Waals surface area contributed by atoms with Gasteiger partial charge in [0.05, 0.1) is 11.4 Å². The second kappa shape index (κ2) is 6.54. The predicted molar refractivity (Wildman–Crippen MR) is 63.9 cm³/mol. The van der Waals surface area contributed by atoms with Crippen LogP contribution in [-0.4, -0.2) is 9.97 Å². The molecule has 0 aromatic carbocycles. The van der Waals surface area contributed by atoms with Crippen molar-refractivity contribution in [3.63, 3.8) is 0 Å². The van der Waals surface area contributed by atoms with Crippen LogP contribution in [0.5, 0.6) is 0 Å². The SMILES string of the molecule is CCCCC(CCC)c1nccnc1C. The minimum absolute atomic E-state index is 0.614. The van der Waals surface area contributed by atoms with Crippen molar-refractivity contribution in [3.8, 4) is 0 Å². The van der Waals surface area contributed by atoms with Gasteiger partial charge in [0.1, 0.15) is 0 Å². The molecule has 15 heavy (non-hydrogen) atoms. The molecule has 1 rings (SSSR count). The zero-order valence-electron chi connectivity index (χ0n) is 10.2. The summed E-state index contributed by atoms with van der Waals surface area (Å²) in [5.74, 6) is 0.614. The Morgan fingerprint density at radius 3 is 2.40 bits per heavy atom. The highest BCUT2D eigenvalue weighted by atomic mass is 14.8. The Balaban J connectivity index is 2.74. The van der Waals surface area contributed by atoms with Crippen LogP contribution in [0.2, 0.25) is 0 Å². The molecule has 0 aliphatic carbocycles. The van der Waals surface area contributed by atoms with Gasteiger partial charge < -0.3 is 0 Å². The Kier molecular flexibility index (Phi) is 5.30. The molecule has 84 valence electrons. The quantitative estimate of drug-likeness (QED) is 0.706. The Hall–Kier alpha value is -0.920. The van der Waals surface area contributed by atoms with Crippen LogP contribution in [-0.2, 0) is 0 Å². The molecule has 1 atom stereocenters. The third kappa shape index (κ3) is 3.61. The summed E-state index contributed by atoms with van der Waals surface area (Å²) in [6, 6.07) is 0. The van der Waals surface area contributed by atoms with Crippen molar-refractivity contribution in [1.29, 1.82) is 0 Å². The van der Waals surface area contributed by atoms with Crippen LogP contribution in [0.1, 0.15) is 63.3 Å². The van der Waals surface area contributed by atoms with Crippen molar-refractivity contribution in [3.05, 3.63) is 23.8 Å². The highest BCUT2D eigenvalue weighted by Gasteiger charge is 2.14. The van der Waals surface area contributed by atoms with Crippen molar-refractivity contribution in [2.75, 3.05) is 0 Å². The molecule has 0 amide bonds. The van der Waals surface area contributed by atoms with Gasteiger partial charge in [0.2, 0.25) is 0 Å². The monoisotopic (exact) mass is 206 g/mol. The molecule has 2 heteroatoms. The molecule has 2 nitrogen and oxygen atoms in total. The third-order valence-corrected chi connectivity index (χ3v) is 2.85. The van der Waals surface area contributed by atoms with E-state index in [4.69, 9.17) is 0 Å². The zero-order valence-corrected chi connectivity index (χ0v) is 10.2. The standard InChI is InChI=1S/C13H22N2/c1-4-6-8-12(7-5-2)13-11(3)14-9-10-15-13/h9-10,12H,4-8H2,1-3H3. The van der Waals surface area contributed by atoms with E-state index < -0.39 is 0 Å². The zero-order chi connectivity index (χ0) is 11.1. The first kappa shape index (κ1) is 12.2. The largest absolute Gasteiger partial charge is 0.258 e. The lowest BCUT2D eigenvalue weighted by molar-refractivity contribution is 0.525. The Bertz CT molecular complexity index is 284. The fraction of sp³-hybridized carbons (Fsp3) is 0.692. The molecular formula is C13H22N2. The normalized spacial score (nSPS) is 12.7. The first-order valence-corrected chi connectivity index (χ1v) is 6.07. The smallest absolute Gasteiger partial charge is 0.0646 e. The minimum Gasteiger partial charge on any atom is -0.258 e. The highest BCUT2D eigenvalue weighted by Crippen LogP contribution is 2.26. The molecule has 0 bridgehead atoms. The number of aromatic nitrogens is 2. The topological polar surface area (TPSA) is 25.8 Å². The van der Waals surface area contributed by atoms with Gasteiger partial charge in [0, 0.05) is 18.3 Å². The van der Waals surface area contributed by atoms with E-state index in [2.05, 4.69) is 30.7 Å². The van der Waals surface area contributed by atoms with Crippen molar-refractivity contribution in [2.24, 2.45) is 0 Å². The molecule has 0 fully saturated rings. The Morgan fingerprint density at radius 1 is 1.07 bits per heavy atom. The lowest BCUT2D eigenvalue weighted by Crippen LogP contribution is -2.05. The van der Waals surface area contributed by atoms with Crippen molar-refractivity contribution >= 4 is 0 Å². The van der Waals surface area contributed by atoms with Crippen molar-refractivity contribution in [2.45, 2.75) is 58.8 Å². The van der Waals surface area contributed by atoms with Gasteiger partial charge in [-0.1, -0.05) is 33.1 Å². The van der Waals surface area contributed by atoms with Gasteiger partial charge in [-0.05, 0) is 19.8 Å². The van der Waals surface area contributed by atoms with Crippen LogP contribution in [0.3, 0.4) is 0 Å². The van der Waals surface area contributed by atoms with Gasteiger partial charge in [-0.2, -0.15) is 0 Å². The minimum atomic E-state index is 0.614. The lowest BCUT2D eigenvalue weighted by atomic mass is 9.92. The van der Waals surface area contributed by atoms with Gasteiger partial charge >= 0.3 is 0 Å². The number of unbranched alkanes of at least 4 members (excludes halogenated alkanes) is 1. The van der Waals surface area contributed by atoms with E-state index in [1.807, 2.05) is 6.20 Å². The average molecular weight is 206 g/mol. The summed E-state index contributed by atoms with van der Waals surface area (Å²) in [6.07, 6.45) is 9.87. The fourth-order valence-electron chi connectivity index (χ4n) is 2.04. The van der Waals surface area contributed by atoms with Gasteiger partial charge in [0.25, 0.3) is 0 Å². The molecule has 1 unspecified atom stereocenters. The van der Waals surface area contributed by atoms with Crippen LogP contribution in [0.15, 0.2) is 12.4 Å². The molecule has 0 aliphatic heterocycles. The van der Waals surface area contributed by atoms with Crippen LogP contribution in [0.25, 0.3) is 0 Å². The van der Waals surface area contributed by atoms with E-state index in [1.165, 1.54) is 37.8 Å². The number of aryl methyl sites for hydroxylation is 1. The third-order valence-electron chi connectivity index (χ3n) is 2.85. The summed E-state index contributed by atoms with van der Waals surface area (Å²) in [5, 5.41) is 0. The van der Waals surface area contributed by atoms with Gasteiger partial charge in [0.15, 0.2) is 0 Å². The summed E-state index contributed by atoms with van der Waals surface area (Å²) in [6.45, 7) is 6.55. The lowest BCUT2D eigenvalue weighted by Gasteiger charge is -2.16. The highest BCUT2D eigenvalue weighted by molar-refractivity contribution is 5.13. The molecule has 0 aliphatic rings. The molecule has 0 saturated carbocycles. The predicted octanol–water partition coefficient (Wildman–Crippen LogP) is 3.86. The summed E-state index contributed by atoms with van der Waals surface area (Å²) >= 11 is 0. The maximum atomic E-state index is 4.49. The van der Waals surface area contributed by atoms with E-state index in [0.29, 0.717) is 5.92 Å². The van der Waals surface area contributed by atoms with Crippen LogP contribution in [0, 0.1) is 6.92 Å². The Morgan fingerprint density at radius 2 is 1.80 bits per heavy atom. The second-order valence-corrected chi connectivity index (χ2v) is 4.15. The van der Waals surface area contributed by atoms with E-state index in [-0.39, 0.29) is 0 Å². The number of hydrogen-bond acceptors (Lipinski definition) is 2. The number of hydrogen-bond donors (Lipinski definition) is 0. The van der Waals surface area contributed by atoms with E-state index in [1.54, 1.807) is 6.20 Å². The van der Waals surface area contributed by atoms with E-state index >= 15 is 0 Å². The van der Waals surface area contributed by atoms with Crippen molar-refractivity contribution < 1.29 is 0 Å². The molecule has 0 spiro atoms. The number of nitrogens with zero attached hydrogens (tertiary/aromatic N) is 2. The molecule has 1 aromatic heterocycles. The summed E-state index contributed by atoms with van der Waals surface area (Å²) in [7, 11) is 0. The summed E-state index contributed by atoms with van der Waals surface area (Å²) in [5.41, 5.74) is 2.32. The second-order valence-electron chi connectivity index (χ2n) is 4.15. The molecule has 0 radical (unpaired) electrons. The molecular weight excluding hydrogens is 184 g/mol. The van der Waals surface area contributed by atoms with Crippen LogP contribution >= 0.6 is 0 Å². The molecule has 0 saturated heterocycles. The average Bonchev–Trinajstić information content (AvgIpc) is 2.25. The fourth-order valence-corrected chi connectivity index (χ4v) is 2.04. The Labute approximate surface area is 93.2 Å².